The Kier molecular flexibility index (Phi) is 8.14. The first-order valence-corrected chi connectivity index (χ1v) is 6.89. The third-order valence-corrected chi connectivity index (χ3v) is 2.45. The highest BCUT2D eigenvalue weighted by Gasteiger charge is 1.99. The van der Waals surface area contributed by atoms with Crippen molar-refractivity contribution >= 4 is 5.96 Å². The number of rotatable bonds is 8. The molecular formula is C14H24N4O2. The number of aromatic nitrogens is 1. The Hall–Kier alpha value is -1.82. The molecule has 0 fully saturated rings. The molecule has 0 aliphatic heterocycles. The summed E-state index contributed by atoms with van der Waals surface area (Å²) in [6, 6.07) is 3.84. The van der Waals surface area contributed by atoms with Crippen LogP contribution in [0, 0.1) is 0 Å². The molecule has 0 aliphatic rings. The Morgan fingerprint density at radius 3 is 2.90 bits per heavy atom. The van der Waals surface area contributed by atoms with E-state index in [1.165, 1.54) is 0 Å². The molecule has 6 heteroatoms. The number of pyridine rings is 1. The van der Waals surface area contributed by atoms with Gasteiger partial charge < -0.3 is 20.1 Å². The first-order chi connectivity index (χ1) is 9.80. The maximum Gasteiger partial charge on any atom is 0.213 e. The van der Waals surface area contributed by atoms with Crippen LogP contribution in [0.25, 0.3) is 0 Å². The van der Waals surface area contributed by atoms with E-state index in [0.717, 1.165) is 24.6 Å². The predicted molar refractivity (Wildman–Crippen MR) is 80.1 cm³/mol. The van der Waals surface area contributed by atoms with Crippen LogP contribution in [0.1, 0.15) is 19.4 Å². The van der Waals surface area contributed by atoms with Crippen molar-refractivity contribution in [3.8, 4) is 5.88 Å². The number of aliphatic imine (C=N–C) groups is 1. The maximum absolute atomic E-state index is 5.37. The Morgan fingerprint density at radius 1 is 1.35 bits per heavy atom. The minimum absolute atomic E-state index is 0.574. The zero-order chi connectivity index (χ0) is 14.6. The summed E-state index contributed by atoms with van der Waals surface area (Å²) in [4.78, 5) is 8.65. The third-order valence-electron chi connectivity index (χ3n) is 2.45. The Morgan fingerprint density at radius 2 is 2.20 bits per heavy atom. The van der Waals surface area contributed by atoms with Crippen LogP contribution in [0.2, 0.25) is 0 Å². The van der Waals surface area contributed by atoms with Gasteiger partial charge in [-0.1, -0.05) is 0 Å². The second-order valence-corrected chi connectivity index (χ2v) is 4.05. The van der Waals surface area contributed by atoms with Crippen molar-refractivity contribution in [1.82, 2.24) is 15.6 Å². The lowest BCUT2D eigenvalue weighted by atomic mass is 10.3. The van der Waals surface area contributed by atoms with E-state index < -0.39 is 0 Å². The van der Waals surface area contributed by atoms with Crippen molar-refractivity contribution in [2.45, 2.75) is 20.4 Å². The lowest BCUT2D eigenvalue weighted by Gasteiger charge is -2.11. The van der Waals surface area contributed by atoms with Crippen LogP contribution >= 0.6 is 0 Å². The smallest absolute Gasteiger partial charge is 0.213 e. The number of guanidine groups is 1. The molecule has 0 saturated carbocycles. The normalized spacial score (nSPS) is 11.2. The highest BCUT2D eigenvalue weighted by atomic mass is 16.5. The molecule has 1 aromatic rings. The van der Waals surface area contributed by atoms with E-state index in [1.54, 1.807) is 13.3 Å². The van der Waals surface area contributed by atoms with Crippen LogP contribution < -0.4 is 15.4 Å². The van der Waals surface area contributed by atoms with Gasteiger partial charge in [-0.25, -0.2) is 9.98 Å². The average molecular weight is 280 g/mol. The molecule has 0 aliphatic carbocycles. The molecule has 0 aromatic carbocycles. The van der Waals surface area contributed by atoms with Crippen molar-refractivity contribution in [1.29, 1.82) is 0 Å². The zero-order valence-corrected chi connectivity index (χ0v) is 12.5. The van der Waals surface area contributed by atoms with Gasteiger partial charge in [-0.3, -0.25) is 0 Å². The van der Waals surface area contributed by atoms with Crippen LogP contribution in [-0.2, 0) is 11.3 Å². The minimum Gasteiger partial charge on any atom is -0.478 e. The van der Waals surface area contributed by atoms with Crippen molar-refractivity contribution in [3.05, 3.63) is 23.9 Å². The fourth-order valence-electron chi connectivity index (χ4n) is 1.56. The predicted octanol–water partition coefficient (Wildman–Crippen LogP) is 1.18. The molecule has 1 heterocycles. The average Bonchev–Trinajstić information content (AvgIpc) is 2.46. The molecule has 1 rings (SSSR count). The second kappa shape index (κ2) is 10.0. The topological polar surface area (TPSA) is 67.8 Å². The second-order valence-electron chi connectivity index (χ2n) is 4.05. The molecule has 0 saturated heterocycles. The summed E-state index contributed by atoms with van der Waals surface area (Å²) in [5, 5.41) is 6.39. The third kappa shape index (κ3) is 6.38. The van der Waals surface area contributed by atoms with Gasteiger partial charge in [0.25, 0.3) is 0 Å². The molecule has 0 atom stereocenters. The van der Waals surface area contributed by atoms with Gasteiger partial charge in [-0.2, -0.15) is 0 Å². The SMILES string of the molecule is CCNC(=NCc1ccnc(OCC)c1)NCCOC. The number of nitrogens with zero attached hydrogens (tertiary/aromatic N) is 2. The van der Waals surface area contributed by atoms with Gasteiger partial charge in [0, 0.05) is 32.5 Å². The van der Waals surface area contributed by atoms with Gasteiger partial charge in [0.1, 0.15) is 0 Å². The summed E-state index contributed by atoms with van der Waals surface area (Å²) in [5.74, 6) is 1.41. The first-order valence-electron chi connectivity index (χ1n) is 6.89. The van der Waals surface area contributed by atoms with Gasteiger partial charge in [-0.05, 0) is 25.5 Å². The Bertz CT molecular complexity index is 410. The summed E-state index contributed by atoms with van der Waals surface area (Å²) >= 11 is 0. The highest BCUT2D eigenvalue weighted by Crippen LogP contribution is 2.10. The monoisotopic (exact) mass is 280 g/mol. The fraction of sp³-hybridized carbons (Fsp3) is 0.571. The summed E-state index contributed by atoms with van der Waals surface area (Å²) in [5.41, 5.74) is 1.06. The van der Waals surface area contributed by atoms with Gasteiger partial charge in [0.2, 0.25) is 5.88 Å². The van der Waals surface area contributed by atoms with Gasteiger partial charge in [0.15, 0.2) is 5.96 Å². The molecule has 0 spiro atoms. The largest absolute Gasteiger partial charge is 0.478 e. The van der Waals surface area contributed by atoms with E-state index in [2.05, 4.69) is 20.6 Å². The van der Waals surface area contributed by atoms with Crippen LogP contribution in [-0.4, -0.2) is 44.4 Å². The fourth-order valence-corrected chi connectivity index (χ4v) is 1.56. The van der Waals surface area contributed by atoms with E-state index in [1.807, 2.05) is 26.0 Å². The molecule has 112 valence electrons. The lowest BCUT2D eigenvalue weighted by molar-refractivity contribution is 0.203. The zero-order valence-electron chi connectivity index (χ0n) is 12.5. The quantitative estimate of drug-likeness (QED) is 0.425. The molecule has 0 bridgehead atoms. The highest BCUT2D eigenvalue weighted by molar-refractivity contribution is 5.79. The molecule has 2 N–H and O–H groups in total. The van der Waals surface area contributed by atoms with Crippen molar-refractivity contribution in [2.24, 2.45) is 4.99 Å². The number of methoxy groups -OCH3 is 1. The number of hydrogen-bond donors (Lipinski definition) is 2. The maximum atomic E-state index is 5.37. The van der Waals surface area contributed by atoms with Crippen LogP contribution in [0.3, 0.4) is 0 Å². The van der Waals surface area contributed by atoms with E-state index in [0.29, 0.717) is 25.6 Å². The van der Waals surface area contributed by atoms with Crippen LogP contribution in [0.15, 0.2) is 23.3 Å². The molecule has 0 radical (unpaired) electrons. The Labute approximate surface area is 120 Å². The van der Waals surface area contributed by atoms with E-state index in [4.69, 9.17) is 9.47 Å². The molecule has 6 nitrogen and oxygen atoms in total. The molecule has 20 heavy (non-hydrogen) atoms. The summed E-state index contributed by atoms with van der Waals surface area (Å²) < 4.78 is 10.4. The van der Waals surface area contributed by atoms with Crippen molar-refractivity contribution in [2.75, 3.05) is 33.4 Å². The molecular weight excluding hydrogens is 256 g/mol. The van der Waals surface area contributed by atoms with Gasteiger partial charge >= 0.3 is 0 Å². The molecule has 1 aromatic heterocycles. The molecule has 0 unspecified atom stereocenters. The number of hydrogen-bond acceptors (Lipinski definition) is 4. The lowest BCUT2D eigenvalue weighted by Crippen LogP contribution is -2.38. The number of ether oxygens (including phenoxy) is 2. The minimum atomic E-state index is 0.574. The van der Waals surface area contributed by atoms with E-state index in [-0.39, 0.29) is 0 Å². The number of nitrogens with one attached hydrogen (secondary N) is 2. The van der Waals surface area contributed by atoms with E-state index >= 15 is 0 Å². The van der Waals surface area contributed by atoms with Crippen molar-refractivity contribution < 1.29 is 9.47 Å². The summed E-state index contributed by atoms with van der Waals surface area (Å²) in [6.45, 7) is 7.35. The first kappa shape index (κ1) is 16.2. The van der Waals surface area contributed by atoms with Gasteiger partial charge in [-0.15, -0.1) is 0 Å². The standard InChI is InChI=1S/C14H24N4O2/c1-4-15-14(17-8-9-19-3)18-11-12-6-7-16-13(10-12)20-5-2/h6-7,10H,4-5,8-9,11H2,1-3H3,(H2,15,17,18). The van der Waals surface area contributed by atoms with Crippen LogP contribution in [0.4, 0.5) is 0 Å². The van der Waals surface area contributed by atoms with Gasteiger partial charge in [0.05, 0.1) is 19.8 Å². The van der Waals surface area contributed by atoms with Crippen LogP contribution in [0.5, 0.6) is 5.88 Å². The van der Waals surface area contributed by atoms with E-state index in [9.17, 15) is 0 Å². The van der Waals surface area contributed by atoms with Crippen molar-refractivity contribution in [3.63, 3.8) is 0 Å². The summed E-state index contributed by atoms with van der Waals surface area (Å²) in [7, 11) is 1.68. The summed E-state index contributed by atoms with van der Waals surface area (Å²) in [6.07, 6.45) is 1.74. The molecule has 0 amide bonds. The Balaban J connectivity index is 2.58.